The Morgan fingerprint density at radius 1 is 0.688 bits per heavy atom. The Hall–Kier alpha value is -3.91. The lowest BCUT2D eigenvalue weighted by atomic mass is 10.2. The minimum Gasteiger partial charge on any atom is -0.480 e. The van der Waals surface area contributed by atoms with Crippen molar-refractivity contribution < 1.29 is 34.2 Å². The molecule has 3 rings (SSSR count). The topological polar surface area (TPSA) is 139 Å². The molecule has 0 saturated heterocycles. The predicted octanol–water partition coefficient (Wildman–Crippen LogP) is 5.98. The normalized spacial score (nSPS) is 11.6. The first-order valence-corrected chi connectivity index (χ1v) is 16.9. The number of thiol groups is 1. The monoisotopic (exact) mass is 736 g/mol. The summed E-state index contributed by atoms with van der Waals surface area (Å²) in [6, 6.07) is 22.3. The van der Waals surface area contributed by atoms with Gasteiger partial charge >= 0.3 is 11.9 Å². The summed E-state index contributed by atoms with van der Waals surface area (Å²) >= 11 is 16.8. The maximum absolute atomic E-state index is 12.9. The van der Waals surface area contributed by atoms with Crippen LogP contribution in [-0.2, 0) is 19.2 Å². The third-order valence-corrected chi connectivity index (χ3v) is 9.01. The van der Waals surface area contributed by atoms with Gasteiger partial charge in [0, 0.05) is 53.0 Å². The lowest BCUT2D eigenvalue weighted by Crippen LogP contribution is -2.49. The highest BCUT2D eigenvalue weighted by atomic mass is 35.5. The molecule has 0 aliphatic rings. The minimum absolute atomic E-state index is 0.129. The van der Waals surface area contributed by atoms with Crippen molar-refractivity contribution in [2.24, 2.45) is 11.8 Å². The van der Waals surface area contributed by atoms with Crippen molar-refractivity contribution in [3.05, 3.63) is 94.5 Å². The molecule has 0 spiro atoms. The van der Waals surface area contributed by atoms with Crippen LogP contribution in [0.15, 0.2) is 78.9 Å². The number of benzene rings is 3. The largest absolute Gasteiger partial charge is 0.480 e. The molecule has 258 valence electrons. The maximum Gasteiger partial charge on any atom is 0.325 e. The van der Waals surface area contributed by atoms with Crippen molar-refractivity contribution in [2.45, 2.75) is 13.8 Å². The Morgan fingerprint density at radius 2 is 1.08 bits per heavy atom. The van der Waals surface area contributed by atoms with E-state index in [4.69, 9.17) is 28.3 Å². The zero-order valence-corrected chi connectivity index (χ0v) is 30.0. The number of nitrogens with zero attached hydrogens (tertiary/aromatic N) is 4. The molecule has 3 aromatic rings. The van der Waals surface area contributed by atoms with E-state index in [-0.39, 0.29) is 28.6 Å². The summed E-state index contributed by atoms with van der Waals surface area (Å²) in [5.41, 5.74) is 1.86. The molecule has 2 N–H and O–H groups in total. The summed E-state index contributed by atoms with van der Waals surface area (Å²) in [5.74, 6) is -3.20. The van der Waals surface area contributed by atoms with Gasteiger partial charge in [0.25, 0.3) is 0 Å². The number of anilines is 2. The molecule has 0 bridgehead atoms. The fraction of sp³-hybridized carbons (Fsp3) is 0.303. The van der Waals surface area contributed by atoms with Gasteiger partial charge in [-0.3, -0.25) is 34.0 Å². The third-order valence-electron chi connectivity index (χ3n) is 6.79. The quantitative estimate of drug-likeness (QED) is 0.134. The summed E-state index contributed by atoms with van der Waals surface area (Å²) in [7, 11) is 3.24. The van der Waals surface area contributed by atoms with E-state index in [0.717, 1.165) is 16.8 Å². The van der Waals surface area contributed by atoms with Crippen LogP contribution in [0.25, 0.3) is 0 Å². The highest BCUT2D eigenvalue weighted by Crippen LogP contribution is 2.22. The van der Waals surface area contributed by atoms with Crippen LogP contribution < -0.4 is 10.0 Å². The summed E-state index contributed by atoms with van der Waals surface area (Å²) in [4.78, 5) is 59.6. The van der Waals surface area contributed by atoms with E-state index in [1.165, 1.54) is 15.0 Å². The summed E-state index contributed by atoms with van der Waals surface area (Å²) in [5, 5.41) is 24.5. The summed E-state index contributed by atoms with van der Waals surface area (Å²) in [6.45, 7) is 2.49. The predicted molar refractivity (Wildman–Crippen MR) is 194 cm³/mol. The van der Waals surface area contributed by atoms with Crippen molar-refractivity contribution in [1.29, 1.82) is 0 Å². The van der Waals surface area contributed by atoms with Gasteiger partial charge in [-0.05, 0) is 48.5 Å². The molecule has 48 heavy (non-hydrogen) atoms. The van der Waals surface area contributed by atoms with Crippen molar-refractivity contribution in [3.8, 4) is 0 Å². The average Bonchev–Trinajstić information content (AvgIpc) is 3.07. The molecule has 0 heterocycles. The molecule has 0 fully saturated rings. The number of thioether (sulfide) groups is 1. The van der Waals surface area contributed by atoms with Gasteiger partial charge in [0.1, 0.15) is 13.1 Å². The molecule has 11 nitrogen and oxygen atoms in total. The van der Waals surface area contributed by atoms with Gasteiger partial charge in [0.05, 0.1) is 11.4 Å². The van der Waals surface area contributed by atoms with Crippen LogP contribution in [-0.4, -0.2) is 87.8 Å². The van der Waals surface area contributed by atoms with Crippen LogP contribution >= 0.6 is 47.6 Å². The molecule has 15 heteroatoms. The van der Waals surface area contributed by atoms with Crippen molar-refractivity contribution in [2.75, 3.05) is 48.7 Å². The number of hydrogen-bond acceptors (Lipinski definition) is 9. The lowest BCUT2D eigenvalue weighted by Gasteiger charge is -2.34. The first kappa shape index (κ1) is 40.3. The highest BCUT2D eigenvalue weighted by Gasteiger charge is 2.28. The first-order chi connectivity index (χ1) is 22.7. The van der Waals surface area contributed by atoms with E-state index in [2.05, 4.69) is 12.6 Å². The van der Waals surface area contributed by atoms with Crippen LogP contribution in [0.1, 0.15) is 24.2 Å². The average molecular weight is 738 g/mol. The van der Waals surface area contributed by atoms with Gasteiger partial charge in [-0.2, -0.15) is 12.6 Å². The molecule has 3 aromatic carbocycles. The molecular formula is C33H38Cl2N4O7S2. The van der Waals surface area contributed by atoms with E-state index in [0.29, 0.717) is 32.7 Å². The molecule has 0 saturated carbocycles. The molecule has 0 aliphatic carbocycles. The fourth-order valence-electron chi connectivity index (χ4n) is 4.03. The van der Waals surface area contributed by atoms with Crippen LogP contribution in [0.4, 0.5) is 11.4 Å². The van der Waals surface area contributed by atoms with Crippen LogP contribution in [0.3, 0.4) is 0 Å². The van der Waals surface area contributed by atoms with Gasteiger partial charge in [-0.1, -0.05) is 79.1 Å². The van der Waals surface area contributed by atoms with Gasteiger partial charge < -0.3 is 10.2 Å². The van der Waals surface area contributed by atoms with Gasteiger partial charge in [-0.15, -0.1) is 0 Å². The number of halogens is 2. The minimum atomic E-state index is -1.13. The van der Waals surface area contributed by atoms with Gasteiger partial charge in [0.15, 0.2) is 0 Å². The van der Waals surface area contributed by atoms with Crippen molar-refractivity contribution in [3.63, 3.8) is 0 Å². The van der Waals surface area contributed by atoms with E-state index >= 15 is 0 Å². The second-order valence-electron chi connectivity index (χ2n) is 10.5. The number of carbonyl (C=O) groups excluding carboxylic acids is 3. The zero-order chi connectivity index (χ0) is 36.0. The number of hydrogen-bond donors (Lipinski definition) is 3. The number of rotatable bonds is 14. The first-order valence-electron chi connectivity index (χ1n) is 14.5. The summed E-state index contributed by atoms with van der Waals surface area (Å²) in [6.07, 6.45) is 0. The Bertz CT molecular complexity index is 1530. The second-order valence-corrected chi connectivity index (χ2v) is 12.8. The zero-order valence-electron chi connectivity index (χ0n) is 26.8. The third kappa shape index (κ3) is 12.6. The molecular weight excluding hydrogens is 699 g/mol. The molecule has 2 unspecified atom stereocenters. The van der Waals surface area contributed by atoms with E-state index in [1.54, 1.807) is 101 Å². The smallest absolute Gasteiger partial charge is 0.325 e. The molecule has 0 aromatic heterocycles. The number of hydrazine groups is 2. The molecule has 2 amide bonds. The number of carboxylic acids is 2. The van der Waals surface area contributed by atoms with Crippen LogP contribution in [0, 0.1) is 11.8 Å². The molecule has 2 atom stereocenters. The van der Waals surface area contributed by atoms with Gasteiger partial charge in [-0.25, -0.2) is 10.0 Å². The Balaban J connectivity index is 0.000000353. The number of amides is 2. The number of carbonyl (C=O) groups is 5. The number of aliphatic carboxylic acids is 2. The van der Waals surface area contributed by atoms with Crippen LogP contribution in [0.5, 0.6) is 0 Å². The van der Waals surface area contributed by atoms with Crippen molar-refractivity contribution >= 4 is 87.8 Å². The van der Waals surface area contributed by atoms with Crippen molar-refractivity contribution in [1.82, 2.24) is 10.0 Å². The summed E-state index contributed by atoms with van der Waals surface area (Å²) < 4.78 is 0. The van der Waals surface area contributed by atoms with E-state index < -0.39 is 30.9 Å². The Kier molecular flexibility index (Phi) is 16.6. The lowest BCUT2D eigenvalue weighted by molar-refractivity contribution is -0.146. The van der Waals surface area contributed by atoms with Gasteiger partial charge in [0.2, 0.25) is 16.9 Å². The Morgan fingerprint density at radius 3 is 1.46 bits per heavy atom. The van der Waals surface area contributed by atoms with E-state index in [1.807, 2.05) is 6.07 Å². The molecule has 0 aliphatic heterocycles. The SMILES string of the molecule is CC(CS)C(=O)N(CC(=O)O)N(C)c1ccc(Cl)cc1.CC(CSC(=O)c1ccccc1)C(=O)N(CC(=O)O)N(C)c1ccc(Cl)cc1. The maximum atomic E-state index is 12.9. The standard InChI is InChI=1S/C20H21ClN2O4S.C13H17ClN2O3S/c1-14(13-28-20(27)15-6-4-3-5-7-15)19(26)23(12-18(24)25)22(2)17-10-8-16(21)9-11-17;1-9(8-20)13(19)16(7-12(17)18)15(2)11-5-3-10(14)4-6-11/h3-11,14H,12-13H2,1-2H3,(H,24,25);3-6,9,20H,7-8H2,1-2H3,(H,17,18). The van der Waals surface area contributed by atoms with Crippen LogP contribution in [0.2, 0.25) is 10.0 Å². The van der Waals surface area contributed by atoms with E-state index in [9.17, 15) is 29.1 Å². The fourth-order valence-corrected chi connectivity index (χ4v) is 5.28. The highest BCUT2D eigenvalue weighted by molar-refractivity contribution is 8.14. The second kappa shape index (κ2) is 19.8. The number of carboxylic acid groups (broad SMARTS) is 2. The Labute approximate surface area is 299 Å². The molecule has 0 radical (unpaired) electrons.